The van der Waals surface area contributed by atoms with Crippen LogP contribution in [0.4, 0.5) is 11.4 Å². The first kappa shape index (κ1) is 22.0. The highest BCUT2D eigenvalue weighted by molar-refractivity contribution is 6.16. The van der Waals surface area contributed by atoms with Gasteiger partial charge >= 0.3 is 0 Å². The van der Waals surface area contributed by atoms with E-state index in [4.69, 9.17) is 13.6 Å². The van der Waals surface area contributed by atoms with E-state index in [1.165, 1.54) is 0 Å². The first-order chi connectivity index (χ1) is 16.9. The molecule has 2 amide bonds. The molecule has 0 atom stereocenters. The summed E-state index contributed by atoms with van der Waals surface area (Å²) in [5.74, 6) is -0.867. The minimum Gasteiger partial charge on any atom is -0.497 e. The fourth-order valence-electron chi connectivity index (χ4n) is 3.74. The highest BCUT2D eigenvalue weighted by atomic mass is 16.5. The van der Waals surface area contributed by atoms with Gasteiger partial charge in [-0.1, -0.05) is 18.2 Å². The Morgan fingerprint density at radius 1 is 0.800 bits per heavy atom. The van der Waals surface area contributed by atoms with Gasteiger partial charge in [0.15, 0.2) is 11.2 Å². The Morgan fingerprint density at radius 3 is 2.34 bits per heavy atom. The van der Waals surface area contributed by atoms with Crippen LogP contribution in [0.2, 0.25) is 0 Å². The number of para-hydroxylation sites is 1. The van der Waals surface area contributed by atoms with Crippen LogP contribution in [0.3, 0.4) is 0 Å². The number of hydrogen-bond donors (Lipinski definition) is 2. The number of anilines is 2. The lowest BCUT2D eigenvalue weighted by molar-refractivity contribution is 0.0996. The van der Waals surface area contributed by atoms with E-state index in [-0.39, 0.29) is 22.6 Å². The second-order valence-electron chi connectivity index (χ2n) is 7.91. The van der Waals surface area contributed by atoms with Crippen LogP contribution in [0.1, 0.15) is 26.7 Å². The van der Waals surface area contributed by atoms with E-state index in [0.717, 1.165) is 11.6 Å². The molecular formula is C27H20N2O6. The van der Waals surface area contributed by atoms with Crippen molar-refractivity contribution in [2.24, 2.45) is 0 Å². The lowest BCUT2D eigenvalue weighted by Gasteiger charge is -2.08. The molecule has 174 valence electrons. The summed E-state index contributed by atoms with van der Waals surface area (Å²) >= 11 is 0. The minimum absolute atomic E-state index is 0.0886. The molecule has 8 heteroatoms. The van der Waals surface area contributed by atoms with Crippen molar-refractivity contribution < 1.29 is 23.2 Å². The van der Waals surface area contributed by atoms with Crippen LogP contribution in [0.5, 0.6) is 5.75 Å². The van der Waals surface area contributed by atoms with Crippen molar-refractivity contribution in [2.75, 3.05) is 17.7 Å². The first-order valence-electron chi connectivity index (χ1n) is 10.8. The van der Waals surface area contributed by atoms with Gasteiger partial charge < -0.3 is 24.2 Å². The number of hydrogen-bond acceptors (Lipinski definition) is 6. The normalized spacial score (nSPS) is 10.9. The Hall–Kier alpha value is -4.85. The van der Waals surface area contributed by atoms with Crippen molar-refractivity contribution in [3.05, 3.63) is 100 Å². The van der Waals surface area contributed by atoms with Crippen LogP contribution in [0.15, 0.2) is 86.4 Å². The molecule has 3 aromatic carbocycles. The average molecular weight is 468 g/mol. The maximum absolute atomic E-state index is 13.1. The number of fused-ring (bicyclic) bond motifs is 2. The molecule has 0 radical (unpaired) electrons. The summed E-state index contributed by atoms with van der Waals surface area (Å²) in [5, 5.41) is 6.35. The number of carbonyl (C=O) groups excluding carboxylic acids is 2. The Kier molecular flexibility index (Phi) is 5.54. The number of furan rings is 1. The SMILES string of the molecule is COc1ccc(NC(=O)c2oc3ccccc3c2NC(=O)c2cc(=O)c3ccc(C)cc3o2)cc1. The van der Waals surface area contributed by atoms with Gasteiger partial charge in [0.05, 0.1) is 12.5 Å². The lowest BCUT2D eigenvalue weighted by atomic mass is 10.1. The minimum atomic E-state index is -0.685. The number of amides is 2. The van der Waals surface area contributed by atoms with Gasteiger partial charge in [0.1, 0.15) is 22.6 Å². The fraction of sp³-hybridized carbons (Fsp3) is 0.0741. The van der Waals surface area contributed by atoms with Crippen LogP contribution in [-0.4, -0.2) is 18.9 Å². The first-order valence-corrected chi connectivity index (χ1v) is 10.8. The summed E-state index contributed by atoms with van der Waals surface area (Å²) in [4.78, 5) is 38.7. The number of methoxy groups -OCH3 is 1. The van der Waals surface area contributed by atoms with Crippen molar-refractivity contribution in [1.82, 2.24) is 0 Å². The summed E-state index contributed by atoms with van der Waals surface area (Å²) in [6, 6.07) is 20.0. The van der Waals surface area contributed by atoms with Crippen molar-refractivity contribution in [1.29, 1.82) is 0 Å². The molecule has 0 saturated carbocycles. The van der Waals surface area contributed by atoms with E-state index in [1.54, 1.807) is 73.8 Å². The number of ether oxygens (including phenoxy) is 1. The van der Waals surface area contributed by atoms with Crippen molar-refractivity contribution in [2.45, 2.75) is 6.92 Å². The van der Waals surface area contributed by atoms with Gasteiger partial charge in [-0.2, -0.15) is 0 Å². The third-order valence-electron chi connectivity index (χ3n) is 5.50. The number of carbonyl (C=O) groups is 2. The molecule has 2 N–H and O–H groups in total. The van der Waals surface area contributed by atoms with Gasteiger partial charge in [-0.25, -0.2) is 0 Å². The molecule has 0 bridgehead atoms. The highest BCUT2D eigenvalue weighted by Crippen LogP contribution is 2.32. The third-order valence-corrected chi connectivity index (χ3v) is 5.50. The monoisotopic (exact) mass is 468 g/mol. The zero-order valence-corrected chi connectivity index (χ0v) is 18.9. The van der Waals surface area contributed by atoms with Gasteiger partial charge in [0.2, 0.25) is 5.76 Å². The standard InChI is InChI=1S/C27H20N2O6/c1-15-7-12-18-20(30)14-23(34-22(18)13-15)26(31)29-24-19-5-3-4-6-21(19)35-25(24)27(32)28-16-8-10-17(33-2)11-9-16/h3-14H,1-2H3,(H,28,32)(H,29,31). The van der Waals surface area contributed by atoms with Crippen LogP contribution in [-0.2, 0) is 0 Å². The zero-order valence-electron chi connectivity index (χ0n) is 18.9. The quantitative estimate of drug-likeness (QED) is 0.359. The number of benzene rings is 3. The Balaban J connectivity index is 1.50. The molecule has 2 heterocycles. The van der Waals surface area contributed by atoms with E-state index < -0.39 is 11.8 Å². The summed E-state index contributed by atoms with van der Waals surface area (Å²) in [7, 11) is 1.55. The summed E-state index contributed by atoms with van der Waals surface area (Å²) in [6.45, 7) is 1.86. The summed E-state index contributed by atoms with van der Waals surface area (Å²) < 4.78 is 16.6. The second kappa shape index (κ2) is 8.83. The van der Waals surface area contributed by atoms with Crippen LogP contribution in [0, 0.1) is 6.92 Å². The Morgan fingerprint density at radius 2 is 1.57 bits per heavy atom. The number of aryl methyl sites for hydroxylation is 1. The largest absolute Gasteiger partial charge is 0.497 e. The molecule has 5 aromatic rings. The van der Waals surface area contributed by atoms with Crippen molar-refractivity contribution in [3.8, 4) is 5.75 Å². The predicted molar refractivity (Wildman–Crippen MR) is 132 cm³/mol. The van der Waals surface area contributed by atoms with Gasteiger partial charge in [0.25, 0.3) is 11.8 Å². The summed E-state index contributed by atoms with van der Waals surface area (Å²) in [6.07, 6.45) is 0. The molecule has 0 unspecified atom stereocenters. The molecule has 0 fully saturated rings. The molecule has 35 heavy (non-hydrogen) atoms. The fourth-order valence-corrected chi connectivity index (χ4v) is 3.74. The maximum Gasteiger partial charge on any atom is 0.293 e. The van der Waals surface area contributed by atoms with E-state index in [9.17, 15) is 14.4 Å². The molecule has 0 aliphatic heterocycles. The zero-order chi connectivity index (χ0) is 24.5. The van der Waals surface area contributed by atoms with Gasteiger partial charge in [-0.05, 0) is 61.0 Å². The molecule has 5 rings (SSSR count). The molecule has 0 aliphatic rings. The number of nitrogens with one attached hydrogen (secondary N) is 2. The molecule has 0 aliphatic carbocycles. The third kappa shape index (κ3) is 4.24. The topological polar surface area (TPSA) is 111 Å². The van der Waals surface area contributed by atoms with E-state index in [2.05, 4.69) is 10.6 Å². The molecule has 0 saturated heterocycles. The molecular weight excluding hydrogens is 448 g/mol. The number of rotatable bonds is 5. The highest BCUT2D eigenvalue weighted by Gasteiger charge is 2.24. The van der Waals surface area contributed by atoms with Crippen LogP contribution in [0.25, 0.3) is 21.9 Å². The maximum atomic E-state index is 13.1. The molecule has 2 aromatic heterocycles. The lowest BCUT2D eigenvalue weighted by Crippen LogP contribution is -2.18. The van der Waals surface area contributed by atoms with Crippen molar-refractivity contribution >= 4 is 45.1 Å². The molecule has 0 spiro atoms. The predicted octanol–water partition coefficient (Wildman–Crippen LogP) is 5.36. The van der Waals surface area contributed by atoms with Crippen LogP contribution < -0.4 is 20.8 Å². The smallest absolute Gasteiger partial charge is 0.293 e. The van der Waals surface area contributed by atoms with Gasteiger partial charge in [-0.15, -0.1) is 0 Å². The Labute approximate surface area is 199 Å². The van der Waals surface area contributed by atoms with Gasteiger partial charge in [0, 0.05) is 17.1 Å². The second-order valence-corrected chi connectivity index (χ2v) is 7.91. The van der Waals surface area contributed by atoms with E-state index in [0.29, 0.717) is 33.4 Å². The Bertz CT molecular complexity index is 1650. The van der Waals surface area contributed by atoms with Gasteiger partial charge in [-0.3, -0.25) is 14.4 Å². The van der Waals surface area contributed by atoms with E-state index in [1.807, 2.05) is 6.92 Å². The van der Waals surface area contributed by atoms with E-state index >= 15 is 0 Å². The van der Waals surface area contributed by atoms with Crippen molar-refractivity contribution in [3.63, 3.8) is 0 Å². The summed E-state index contributed by atoms with van der Waals surface area (Å²) in [5.41, 5.74) is 1.95. The average Bonchev–Trinajstić information content (AvgIpc) is 3.22. The molecule has 8 nitrogen and oxygen atoms in total. The van der Waals surface area contributed by atoms with Crippen LogP contribution >= 0.6 is 0 Å².